The Labute approximate surface area is 299 Å². The highest BCUT2D eigenvalue weighted by molar-refractivity contribution is 7.25. The van der Waals surface area contributed by atoms with Crippen LogP contribution >= 0.6 is 11.3 Å². The van der Waals surface area contributed by atoms with Gasteiger partial charge in [-0.25, -0.2) is 0 Å². The van der Waals surface area contributed by atoms with E-state index in [4.69, 9.17) is 0 Å². The van der Waals surface area contributed by atoms with Gasteiger partial charge in [-0.05, 0) is 95.3 Å². The highest BCUT2D eigenvalue weighted by Gasteiger charge is 2.25. The molecule has 0 unspecified atom stereocenters. The van der Waals surface area contributed by atoms with Gasteiger partial charge >= 0.3 is 0 Å². The lowest BCUT2D eigenvalue weighted by molar-refractivity contribution is 0.970. The third-order valence-electron chi connectivity index (χ3n) is 10.8. The molecule has 2 nitrogen and oxygen atoms in total. The minimum absolute atomic E-state index is 1.04. The standard InChI is InChI=1S/C48H32N2S/c1-3-13-31(14-4-1)32-15-11-16-33(29-32)34-25-28-44-40(30-34)46-43(23-12-24-45(46)51-44)50-42-22-10-8-20-37(42)39-27-26-38-36-19-7-9-21-41(36)49(47(38)48(39)50)35-17-5-2-6-18-35/h1-7,9-19,21-30H,8,20H2. The van der Waals surface area contributed by atoms with Gasteiger partial charge in [0.2, 0.25) is 0 Å². The van der Waals surface area contributed by atoms with Crippen molar-refractivity contribution in [2.75, 3.05) is 0 Å². The molecule has 3 heteroatoms. The number of fused-ring (bicyclic) bond motifs is 10. The summed E-state index contributed by atoms with van der Waals surface area (Å²) >= 11 is 1.89. The molecule has 3 aromatic heterocycles. The third kappa shape index (κ3) is 4.28. The summed E-state index contributed by atoms with van der Waals surface area (Å²) < 4.78 is 7.70. The summed E-state index contributed by atoms with van der Waals surface area (Å²) in [6, 6.07) is 58.0. The number of hydrogen-bond acceptors (Lipinski definition) is 1. The second-order valence-corrected chi connectivity index (χ2v) is 14.7. The van der Waals surface area contributed by atoms with E-state index in [0.29, 0.717) is 0 Å². The Balaban J connectivity index is 1.23. The van der Waals surface area contributed by atoms with Crippen molar-refractivity contribution in [2.24, 2.45) is 0 Å². The third-order valence-corrected chi connectivity index (χ3v) is 11.9. The second-order valence-electron chi connectivity index (χ2n) is 13.6. The van der Waals surface area contributed by atoms with Gasteiger partial charge < -0.3 is 9.13 Å². The molecule has 240 valence electrons. The first-order valence-electron chi connectivity index (χ1n) is 17.7. The molecule has 0 fully saturated rings. The summed E-state index contributed by atoms with van der Waals surface area (Å²) in [4.78, 5) is 0. The zero-order valence-corrected chi connectivity index (χ0v) is 28.7. The Bertz CT molecular complexity index is 3010. The number of nitrogens with zero attached hydrogens (tertiary/aromatic N) is 2. The van der Waals surface area contributed by atoms with Gasteiger partial charge in [0.15, 0.2) is 0 Å². The van der Waals surface area contributed by atoms with E-state index in [1.165, 1.54) is 97.8 Å². The van der Waals surface area contributed by atoms with Crippen molar-refractivity contribution in [1.29, 1.82) is 0 Å². The number of para-hydroxylation sites is 2. The molecule has 0 N–H and O–H groups in total. The van der Waals surface area contributed by atoms with Crippen molar-refractivity contribution in [3.8, 4) is 33.6 Å². The Kier molecular flexibility index (Phi) is 6.28. The molecular formula is C48H32N2S. The van der Waals surface area contributed by atoms with Crippen molar-refractivity contribution >= 4 is 70.3 Å². The van der Waals surface area contributed by atoms with E-state index in [-0.39, 0.29) is 0 Å². The molecule has 11 rings (SSSR count). The lowest BCUT2D eigenvalue weighted by Gasteiger charge is -2.15. The van der Waals surface area contributed by atoms with Crippen LogP contribution in [0.1, 0.15) is 17.7 Å². The Morgan fingerprint density at radius 2 is 1.18 bits per heavy atom. The fraction of sp³-hybridized carbons (Fsp3) is 0.0417. The van der Waals surface area contributed by atoms with Gasteiger partial charge in [-0.1, -0.05) is 115 Å². The van der Waals surface area contributed by atoms with Crippen molar-refractivity contribution < 1.29 is 0 Å². The van der Waals surface area contributed by atoms with Gasteiger partial charge in [0.1, 0.15) is 0 Å². The smallest absolute Gasteiger partial charge is 0.0788 e. The van der Waals surface area contributed by atoms with Gasteiger partial charge in [-0.3, -0.25) is 0 Å². The topological polar surface area (TPSA) is 9.86 Å². The minimum Gasteiger partial charge on any atom is -0.307 e. The molecule has 1 aliphatic carbocycles. The highest BCUT2D eigenvalue weighted by atomic mass is 32.1. The summed E-state index contributed by atoms with van der Waals surface area (Å²) in [5.41, 5.74) is 13.9. The maximum absolute atomic E-state index is 2.60. The molecule has 7 aromatic carbocycles. The fourth-order valence-electron chi connectivity index (χ4n) is 8.54. The van der Waals surface area contributed by atoms with Crippen molar-refractivity contribution in [1.82, 2.24) is 9.13 Å². The monoisotopic (exact) mass is 668 g/mol. The van der Waals surface area contributed by atoms with Crippen LogP contribution in [0, 0.1) is 0 Å². The summed E-state index contributed by atoms with van der Waals surface area (Å²) in [6.07, 6.45) is 6.82. The van der Waals surface area contributed by atoms with Crippen LogP contribution in [0.4, 0.5) is 0 Å². The lowest BCUT2D eigenvalue weighted by atomic mass is 9.98. The summed E-state index contributed by atoms with van der Waals surface area (Å²) in [5, 5.41) is 6.53. The van der Waals surface area contributed by atoms with Gasteiger partial charge in [0.25, 0.3) is 0 Å². The SMILES string of the molecule is C1=Cc2c(c3ccc4c5ccccc5n(-c5ccccc5)c4c3n2-c2cccc3sc4ccc(-c5cccc(-c6ccccc6)c5)cc4c23)CC1. The van der Waals surface area contributed by atoms with Gasteiger partial charge in [-0.2, -0.15) is 0 Å². The first kappa shape index (κ1) is 28.7. The van der Waals surface area contributed by atoms with Crippen LogP contribution in [0.25, 0.3) is 92.6 Å². The Morgan fingerprint density at radius 1 is 0.471 bits per heavy atom. The predicted molar refractivity (Wildman–Crippen MR) is 219 cm³/mol. The molecule has 0 spiro atoms. The quantitative estimate of drug-likeness (QED) is 0.177. The molecule has 0 amide bonds. The number of benzene rings is 7. The summed E-state index contributed by atoms with van der Waals surface area (Å²) in [7, 11) is 0. The summed E-state index contributed by atoms with van der Waals surface area (Å²) in [6.45, 7) is 0. The van der Waals surface area contributed by atoms with Crippen molar-refractivity contribution in [3.05, 3.63) is 175 Å². The largest absolute Gasteiger partial charge is 0.307 e. The van der Waals surface area contributed by atoms with Crippen LogP contribution in [-0.2, 0) is 6.42 Å². The van der Waals surface area contributed by atoms with Crippen LogP contribution in [0.2, 0.25) is 0 Å². The normalized spacial score (nSPS) is 12.9. The van der Waals surface area contributed by atoms with E-state index in [9.17, 15) is 0 Å². The highest BCUT2D eigenvalue weighted by Crippen LogP contribution is 2.46. The molecule has 1 aliphatic rings. The molecule has 10 aromatic rings. The molecular weight excluding hydrogens is 637 g/mol. The van der Waals surface area contributed by atoms with Gasteiger partial charge in [0.05, 0.1) is 22.2 Å². The fourth-order valence-corrected chi connectivity index (χ4v) is 9.65. The van der Waals surface area contributed by atoms with E-state index < -0.39 is 0 Å². The number of hydrogen-bond donors (Lipinski definition) is 0. The zero-order chi connectivity index (χ0) is 33.5. The van der Waals surface area contributed by atoms with Gasteiger partial charge in [0, 0.05) is 47.7 Å². The van der Waals surface area contributed by atoms with Crippen LogP contribution < -0.4 is 0 Å². The van der Waals surface area contributed by atoms with E-state index in [2.05, 4.69) is 179 Å². The van der Waals surface area contributed by atoms with Crippen LogP contribution in [0.5, 0.6) is 0 Å². The molecule has 3 heterocycles. The Morgan fingerprint density at radius 3 is 2.06 bits per heavy atom. The molecule has 51 heavy (non-hydrogen) atoms. The second kappa shape index (κ2) is 11.2. The van der Waals surface area contributed by atoms with Crippen LogP contribution in [-0.4, -0.2) is 9.13 Å². The van der Waals surface area contributed by atoms with Crippen LogP contribution in [0.3, 0.4) is 0 Å². The molecule has 0 radical (unpaired) electrons. The minimum atomic E-state index is 1.04. The number of thiophene rings is 1. The average Bonchev–Trinajstić information content (AvgIpc) is 3.86. The van der Waals surface area contributed by atoms with E-state index >= 15 is 0 Å². The molecule has 0 bridgehead atoms. The van der Waals surface area contributed by atoms with Crippen LogP contribution in [0.15, 0.2) is 164 Å². The number of aromatic nitrogens is 2. The number of rotatable bonds is 4. The van der Waals surface area contributed by atoms with Crippen molar-refractivity contribution in [2.45, 2.75) is 12.8 Å². The zero-order valence-electron chi connectivity index (χ0n) is 27.9. The Hall–Kier alpha value is -6.16. The molecule has 0 atom stereocenters. The lowest BCUT2D eigenvalue weighted by Crippen LogP contribution is -2.02. The first-order valence-corrected chi connectivity index (χ1v) is 18.6. The van der Waals surface area contributed by atoms with Crippen molar-refractivity contribution in [3.63, 3.8) is 0 Å². The average molecular weight is 669 g/mol. The molecule has 0 saturated carbocycles. The predicted octanol–water partition coefficient (Wildman–Crippen LogP) is 13.4. The molecule has 0 aliphatic heterocycles. The van der Waals surface area contributed by atoms with E-state index in [0.717, 1.165) is 12.8 Å². The maximum Gasteiger partial charge on any atom is 0.0788 e. The number of aryl methyl sites for hydroxylation is 1. The van der Waals surface area contributed by atoms with Gasteiger partial charge in [-0.15, -0.1) is 11.3 Å². The maximum atomic E-state index is 2.60. The molecule has 0 saturated heterocycles. The summed E-state index contributed by atoms with van der Waals surface area (Å²) in [5.74, 6) is 0. The first-order chi connectivity index (χ1) is 25.3. The number of allylic oxidation sites excluding steroid dienone is 1. The van der Waals surface area contributed by atoms with E-state index in [1.807, 2.05) is 11.3 Å². The van der Waals surface area contributed by atoms with E-state index in [1.54, 1.807) is 0 Å².